The zero-order chi connectivity index (χ0) is 23.8. The van der Waals surface area contributed by atoms with Gasteiger partial charge in [-0.1, -0.05) is 35.5 Å². The van der Waals surface area contributed by atoms with E-state index in [1.165, 1.54) is 49.9 Å². The Labute approximate surface area is 190 Å². The number of amides is 1. The average molecular weight is 458 g/mol. The van der Waals surface area contributed by atoms with Crippen molar-refractivity contribution in [1.82, 2.24) is 5.32 Å². The number of fused-ring (bicyclic) bond motifs is 2. The Kier molecular flexibility index (Phi) is 8.36. The number of aliphatic hydroxyl groups excluding tert-OH is 2. The Hall–Kier alpha value is -3.47. The third-order valence-electron chi connectivity index (χ3n) is 5.05. The standard InChI is InChI=1S/C23H26N2O8/c1-31-25-12-4-8-19(29)24-11-3-6-15-13-18(28)22-21(33-22)17(27)10-9-14-5-2-7-16(26)20(14)23(30)32-15/h2-5,7-12,15,17-18,21-22,26-28H,6,13H2,1H3,(H,24,29)/b8-4-,10-9+,11-3+,25-12+/t15?,17?,18?,21-,22+/m0/s1. The van der Waals surface area contributed by atoms with Crippen LogP contribution in [-0.2, 0) is 19.1 Å². The lowest BCUT2D eigenvalue weighted by molar-refractivity contribution is -0.115. The summed E-state index contributed by atoms with van der Waals surface area (Å²) >= 11 is 0. The zero-order valence-corrected chi connectivity index (χ0v) is 17.9. The van der Waals surface area contributed by atoms with E-state index in [0.29, 0.717) is 5.56 Å². The van der Waals surface area contributed by atoms with Crippen LogP contribution in [0.4, 0.5) is 0 Å². The van der Waals surface area contributed by atoms with Crippen LogP contribution >= 0.6 is 0 Å². The lowest BCUT2D eigenvalue weighted by atomic mass is 10.00. The number of nitrogens with one attached hydrogen (secondary N) is 1. The second-order valence-electron chi connectivity index (χ2n) is 7.43. The highest BCUT2D eigenvalue weighted by Gasteiger charge is 2.48. The average Bonchev–Trinajstić information content (AvgIpc) is 3.58. The highest BCUT2D eigenvalue weighted by molar-refractivity contribution is 5.96. The molecule has 10 heteroatoms. The summed E-state index contributed by atoms with van der Waals surface area (Å²) in [7, 11) is 1.38. The van der Waals surface area contributed by atoms with Crippen molar-refractivity contribution in [3.63, 3.8) is 0 Å². The summed E-state index contributed by atoms with van der Waals surface area (Å²) in [6.07, 6.45) is 6.20. The van der Waals surface area contributed by atoms with Gasteiger partial charge in [-0.2, -0.15) is 0 Å². The molecule has 1 saturated heterocycles. The number of aliphatic hydroxyl groups is 2. The molecule has 2 aliphatic rings. The van der Waals surface area contributed by atoms with E-state index >= 15 is 0 Å². The Bertz CT molecular complexity index is 971. The summed E-state index contributed by atoms with van der Waals surface area (Å²) in [6, 6.07) is 4.55. The normalized spacial score (nSPS) is 28.5. The molecular weight excluding hydrogens is 432 g/mol. The van der Waals surface area contributed by atoms with Gasteiger partial charge in [0.1, 0.15) is 42.8 Å². The number of allylic oxidation sites excluding steroid dienone is 1. The van der Waals surface area contributed by atoms with Gasteiger partial charge in [0.05, 0.1) is 12.3 Å². The number of phenolic OH excluding ortho intramolecular Hbond substituents is 1. The first-order chi connectivity index (χ1) is 15.9. The smallest absolute Gasteiger partial charge is 0.342 e. The Balaban J connectivity index is 1.72. The summed E-state index contributed by atoms with van der Waals surface area (Å²) in [5.74, 6) is -1.44. The molecule has 1 aromatic rings. The van der Waals surface area contributed by atoms with E-state index in [4.69, 9.17) is 9.47 Å². The number of hydrogen-bond donors (Lipinski definition) is 4. The van der Waals surface area contributed by atoms with E-state index in [2.05, 4.69) is 15.3 Å². The number of epoxide rings is 1. The van der Waals surface area contributed by atoms with E-state index in [1.807, 2.05) is 0 Å². The molecule has 176 valence electrons. The van der Waals surface area contributed by atoms with Crippen molar-refractivity contribution in [2.24, 2.45) is 5.16 Å². The van der Waals surface area contributed by atoms with Crippen molar-refractivity contribution < 1.29 is 39.2 Å². The molecule has 1 aromatic carbocycles. The number of rotatable bonds is 6. The monoisotopic (exact) mass is 458 g/mol. The van der Waals surface area contributed by atoms with Crippen LogP contribution in [0.15, 0.2) is 53.9 Å². The molecule has 0 aliphatic carbocycles. The number of nitrogens with zero attached hydrogens (tertiary/aromatic N) is 1. The van der Waals surface area contributed by atoms with Gasteiger partial charge < -0.3 is 34.9 Å². The van der Waals surface area contributed by atoms with Crippen LogP contribution in [0.3, 0.4) is 0 Å². The van der Waals surface area contributed by atoms with Crippen LogP contribution in [0.1, 0.15) is 28.8 Å². The molecule has 3 rings (SSSR count). The fraction of sp³-hybridized carbons (Fsp3) is 0.348. The second kappa shape index (κ2) is 11.4. The van der Waals surface area contributed by atoms with Crippen molar-refractivity contribution in [3.05, 3.63) is 59.8 Å². The molecule has 0 aromatic heterocycles. The number of cyclic esters (lactones) is 1. The number of carbonyl (C=O) groups excluding carboxylic acids is 2. The molecule has 3 unspecified atom stereocenters. The van der Waals surface area contributed by atoms with E-state index in [0.717, 1.165) is 0 Å². The van der Waals surface area contributed by atoms with E-state index in [1.54, 1.807) is 18.2 Å². The Morgan fingerprint density at radius 2 is 2.15 bits per heavy atom. The maximum absolute atomic E-state index is 12.8. The predicted octanol–water partition coefficient (Wildman–Crippen LogP) is 1.03. The molecule has 10 nitrogen and oxygen atoms in total. The van der Waals surface area contributed by atoms with Crippen molar-refractivity contribution >= 4 is 24.2 Å². The van der Waals surface area contributed by atoms with Crippen LogP contribution in [0.2, 0.25) is 0 Å². The van der Waals surface area contributed by atoms with Crippen molar-refractivity contribution in [2.45, 2.75) is 43.4 Å². The number of carbonyl (C=O) groups is 2. The minimum absolute atomic E-state index is 0.0396. The van der Waals surface area contributed by atoms with E-state index in [9.17, 15) is 24.9 Å². The molecule has 0 spiro atoms. The number of oxime groups is 1. The van der Waals surface area contributed by atoms with Gasteiger partial charge in [-0.05, 0) is 17.7 Å². The topological polar surface area (TPSA) is 150 Å². The number of esters is 1. The number of ether oxygens (including phenoxy) is 2. The largest absolute Gasteiger partial charge is 0.507 e. The molecule has 1 amide bonds. The van der Waals surface area contributed by atoms with E-state index in [-0.39, 0.29) is 24.2 Å². The first-order valence-corrected chi connectivity index (χ1v) is 10.3. The molecule has 0 bridgehead atoms. The maximum atomic E-state index is 12.8. The molecule has 1 fully saturated rings. The number of hydrogen-bond acceptors (Lipinski definition) is 9. The first-order valence-electron chi connectivity index (χ1n) is 10.3. The number of phenols is 1. The molecule has 0 radical (unpaired) electrons. The van der Waals surface area contributed by atoms with Crippen molar-refractivity contribution in [1.29, 1.82) is 0 Å². The Morgan fingerprint density at radius 1 is 1.33 bits per heavy atom. The third-order valence-corrected chi connectivity index (χ3v) is 5.05. The quantitative estimate of drug-likeness (QED) is 0.162. The summed E-state index contributed by atoms with van der Waals surface area (Å²) in [5, 5.41) is 37.0. The molecule has 2 aliphatic heterocycles. The third kappa shape index (κ3) is 6.75. The Morgan fingerprint density at radius 3 is 2.94 bits per heavy atom. The van der Waals surface area contributed by atoms with Gasteiger partial charge in [-0.25, -0.2) is 4.79 Å². The molecular formula is C23H26N2O8. The minimum atomic E-state index is -0.981. The zero-order valence-electron chi connectivity index (χ0n) is 17.9. The summed E-state index contributed by atoms with van der Waals surface area (Å²) in [6.45, 7) is 0. The van der Waals surface area contributed by atoms with Crippen LogP contribution in [0, 0.1) is 0 Å². The van der Waals surface area contributed by atoms with Gasteiger partial charge in [-0.15, -0.1) is 0 Å². The van der Waals surface area contributed by atoms with Gasteiger partial charge in [0.15, 0.2) is 0 Å². The van der Waals surface area contributed by atoms with Gasteiger partial charge in [0.25, 0.3) is 0 Å². The fourth-order valence-corrected chi connectivity index (χ4v) is 3.39. The molecule has 0 saturated carbocycles. The van der Waals surface area contributed by atoms with Gasteiger partial charge in [-0.3, -0.25) is 4.79 Å². The van der Waals surface area contributed by atoms with Gasteiger partial charge in [0.2, 0.25) is 5.91 Å². The van der Waals surface area contributed by atoms with Crippen LogP contribution in [0.5, 0.6) is 5.75 Å². The summed E-state index contributed by atoms with van der Waals surface area (Å²) < 4.78 is 11.0. The number of aromatic hydroxyl groups is 1. The highest BCUT2D eigenvalue weighted by atomic mass is 16.6. The minimum Gasteiger partial charge on any atom is -0.507 e. The molecule has 5 atom stereocenters. The first kappa shape index (κ1) is 24.2. The molecule has 33 heavy (non-hydrogen) atoms. The summed E-state index contributed by atoms with van der Waals surface area (Å²) in [4.78, 5) is 29.0. The molecule has 4 N–H and O–H groups in total. The van der Waals surface area contributed by atoms with Gasteiger partial charge in [0, 0.05) is 25.1 Å². The number of benzene rings is 1. The molecule has 2 heterocycles. The van der Waals surface area contributed by atoms with Crippen LogP contribution in [-0.4, -0.2) is 71.0 Å². The van der Waals surface area contributed by atoms with Crippen LogP contribution in [0.25, 0.3) is 6.08 Å². The van der Waals surface area contributed by atoms with Crippen molar-refractivity contribution in [3.8, 4) is 5.75 Å². The summed E-state index contributed by atoms with van der Waals surface area (Å²) in [5.41, 5.74) is 0.331. The SMILES string of the molecule is CO/N=C/C=C\C(=O)N/C=C/CC1CC(O)[C@H]2O[C@H]2C(O)/C=C/c2cccc(O)c2C(=O)O1. The lowest BCUT2D eigenvalue weighted by Crippen LogP contribution is -2.30. The predicted molar refractivity (Wildman–Crippen MR) is 118 cm³/mol. The second-order valence-corrected chi connectivity index (χ2v) is 7.43. The van der Waals surface area contributed by atoms with E-state index < -0.39 is 42.4 Å². The highest BCUT2D eigenvalue weighted by Crippen LogP contribution is 2.33. The fourth-order valence-electron chi connectivity index (χ4n) is 3.39. The van der Waals surface area contributed by atoms with Crippen LogP contribution < -0.4 is 5.32 Å². The van der Waals surface area contributed by atoms with Crippen molar-refractivity contribution in [2.75, 3.05) is 7.11 Å². The van der Waals surface area contributed by atoms with Gasteiger partial charge >= 0.3 is 5.97 Å². The lowest BCUT2D eigenvalue weighted by Gasteiger charge is -2.20. The maximum Gasteiger partial charge on any atom is 0.342 e.